The molecule has 0 spiro atoms. The van der Waals surface area contributed by atoms with Gasteiger partial charge in [-0.2, -0.15) is 0 Å². The highest BCUT2D eigenvalue weighted by atomic mass is 17.2. The Bertz CT molecular complexity index is 1910. The van der Waals surface area contributed by atoms with Gasteiger partial charge >= 0.3 is 18.2 Å². The molecule has 0 heterocycles. The van der Waals surface area contributed by atoms with E-state index in [2.05, 4.69) is 38.5 Å². The summed E-state index contributed by atoms with van der Waals surface area (Å²) in [5, 5.41) is 27.3. The standard InChI is InChI=1S/C51H76N6O13/c1-6-21-39(44(59)48(63)53-33-42(58)66-31-7-2)54-45(60)40(28-17-19-30-52-49(64)67-34-36-22-11-8-12-23-36)55-47(62)43(38-26-15-10-16-27-38)57-46(61)41(56-50(65)70-51(3,4)5)29-18-20-32-68-69-35-37-24-13-9-14-25-37/h7-9,11-14,22-25,38-41,43-44,59H,2,6,10,15-21,26-35H2,1,3-5H3,(H,52,64)(H,53,63)(H,54,60)(H,55,62)(H,56,65)(H,57,61)/t39?,40-,41-,43-,44?/m0/s1. The van der Waals surface area contributed by atoms with Gasteiger partial charge in [-0.3, -0.25) is 24.0 Å². The Morgan fingerprint density at radius 2 is 1.30 bits per heavy atom. The molecule has 0 aromatic heterocycles. The first-order valence-electron chi connectivity index (χ1n) is 24.5. The molecule has 0 saturated heterocycles. The minimum atomic E-state index is -1.77. The number of benzene rings is 2. The summed E-state index contributed by atoms with van der Waals surface area (Å²) in [5.74, 6) is -3.92. The van der Waals surface area contributed by atoms with Crippen molar-refractivity contribution in [3.05, 3.63) is 84.4 Å². The number of esters is 1. The Hall–Kier alpha value is -6.05. The SMILES string of the molecule is C=CCOC(=O)CNC(=O)C(O)C(CCC)NC(=O)[C@H](CCCCNC(=O)OCc1ccccc1)NC(=O)[C@@H](NC(=O)[C@H](CCCCOOCc1ccccc1)NC(=O)OC(C)(C)C)C1CCCCC1. The molecule has 1 aliphatic carbocycles. The number of carbonyl (C=O) groups excluding carboxylic acids is 7. The van der Waals surface area contributed by atoms with Crippen LogP contribution in [-0.4, -0.2) is 109 Å². The molecule has 1 fully saturated rings. The first-order valence-corrected chi connectivity index (χ1v) is 24.5. The highest BCUT2D eigenvalue weighted by Gasteiger charge is 2.37. The van der Waals surface area contributed by atoms with Crippen molar-refractivity contribution in [3.8, 4) is 0 Å². The molecule has 2 aromatic carbocycles. The molecule has 0 radical (unpaired) electrons. The molecule has 0 aliphatic heterocycles. The molecule has 19 nitrogen and oxygen atoms in total. The van der Waals surface area contributed by atoms with Crippen LogP contribution in [0.2, 0.25) is 0 Å². The van der Waals surface area contributed by atoms with E-state index in [-0.39, 0.29) is 58.2 Å². The Balaban J connectivity index is 1.77. The third-order valence-corrected chi connectivity index (χ3v) is 11.2. The lowest BCUT2D eigenvalue weighted by Crippen LogP contribution is -2.60. The Morgan fingerprint density at radius 1 is 0.686 bits per heavy atom. The van der Waals surface area contributed by atoms with Crippen LogP contribution in [0.4, 0.5) is 9.59 Å². The summed E-state index contributed by atoms with van der Waals surface area (Å²) in [5.41, 5.74) is 0.907. The number of ether oxygens (including phenoxy) is 3. The minimum Gasteiger partial charge on any atom is -0.460 e. The summed E-state index contributed by atoms with van der Waals surface area (Å²) in [6.07, 6.45) is 4.46. The van der Waals surface area contributed by atoms with Crippen LogP contribution in [0.3, 0.4) is 0 Å². The van der Waals surface area contributed by atoms with E-state index in [0.29, 0.717) is 44.9 Å². The first kappa shape index (κ1) is 58.3. The topological polar surface area (TPSA) is 258 Å². The summed E-state index contributed by atoms with van der Waals surface area (Å²) in [6, 6.07) is 14.2. The van der Waals surface area contributed by atoms with Gasteiger partial charge < -0.3 is 51.2 Å². The van der Waals surface area contributed by atoms with Crippen LogP contribution in [0.5, 0.6) is 0 Å². The molecule has 388 valence electrons. The number of carbonyl (C=O) groups is 7. The van der Waals surface area contributed by atoms with Crippen LogP contribution in [0.25, 0.3) is 0 Å². The largest absolute Gasteiger partial charge is 0.460 e. The maximum Gasteiger partial charge on any atom is 0.408 e. The van der Waals surface area contributed by atoms with Crippen LogP contribution in [0.15, 0.2) is 73.3 Å². The third-order valence-electron chi connectivity index (χ3n) is 11.2. The van der Waals surface area contributed by atoms with E-state index in [4.69, 9.17) is 24.0 Å². The van der Waals surface area contributed by atoms with Crippen molar-refractivity contribution in [3.63, 3.8) is 0 Å². The molecule has 3 rings (SSSR count). The quantitative estimate of drug-likeness (QED) is 0.0126. The van der Waals surface area contributed by atoms with Crippen molar-refractivity contribution >= 4 is 41.8 Å². The van der Waals surface area contributed by atoms with Crippen molar-refractivity contribution in [1.29, 1.82) is 0 Å². The van der Waals surface area contributed by atoms with Crippen LogP contribution in [-0.2, 0) is 61.2 Å². The van der Waals surface area contributed by atoms with Gasteiger partial charge in [-0.15, -0.1) is 0 Å². The number of hydrogen-bond donors (Lipinski definition) is 7. The summed E-state index contributed by atoms with van der Waals surface area (Å²) in [4.78, 5) is 104. The lowest BCUT2D eigenvalue weighted by atomic mass is 9.83. The molecular weight excluding hydrogens is 905 g/mol. The zero-order chi connectivity index (χ0) is 51.2. The Kier molecular flexibility index (Phi) is 27.2. The molecule has 6 amide bonds. The molecule has 0 bridgehead atoms. The monoisotopic (exact) mass is 981 g/mol. The van der Waals surface area contributed by atoms with E-state index in [1.165, 1.54) is 6.08 Å². The molecule has 7 N–H and O–H groups in total. The average molecular weight is 981 g/mol. The summed E-state index contributed by atoms with van der Waals surface area (Å²) >= 11 is 0. The number of rotatable bonds is 31. The van der Waals surface area contributed by atoms with Gasteiger partial charge in [0.15, 0.2) is 6.10 Å². The summed E-state index contributed by atoms with van der Waals surface area (Å²) < 4.78 is 15.7. The van der Waals surface area contributed by atoms with E-state index in [9.17, 15) is 38.7 Å². The molecule has 1 aliphatic rings. The summed E-state index contributed by atoms with van der Waals surface area (Å²) in [6.45, 7) is 10.5. The third kappa shape index (κ3) is 24.0. The lowest BCUT2D eigenvalue weighted by molar-refractivity contribution is -0.304. The highest BCUT2D eigenvalue weighted by Crippen LogP contribution is 2.27. The molecular formula is C51H76N6O13. The van der Waals surface area contributed by atoms with Gasteiger partial charge in [0.05, 0.1) is 12.6 Å². The van der Waals surface area contributed by atoms with Crippen LogP contribution >= 0.6 is 0 Å². The number of hydrogen-bond acceptors (Lipinski definition) is 13. The van der Waals surface area contributed by atoms with Crippen LogP contribution < -0.4 is 31.9 Å². The number of alkyl carbamates (subject to hydrolysis) is 2. The predicted molar refractivity (Wildman–Crippen MR) is 260 cm³/mol. The fraction of sp³-hybridized carbons (Fsp3) is 0.588. The van der Waals surface area contributed by atoms with E-state index >= 15 is 0 Å². The summed E-state index contributed by atoms with van der Waals surface area (Å²) in [7, 11) is 0. The second-order valence-electron chi connectivity index (χ2n) is 18.2. The van der Waals surface area contributed by atoms with Crippen molar-refractivity contribution in [1.82, 2.24) is 31.9 Å². The van der Waals surface area contributed by atoms with Gasteiger partial charge in [0, 0.05) is 6.54 Å². The zero-order valence-electron chi connectivity index (χ0n) is 41.3. The second-order valence-corrected chi connectivity index (χ2v) is 18.2. The zero-order valence-corrected chi connectivity index (χ0v) is 41.3. The van der Waals surface area contributed by atoms with E-state index in [1.807, 2.05) is 60.7 Å². The molecule has 70 heavy (non-hydrogen) atoms. The number of aliphatic hydroxyl groups excluding tert-OH is 1. The maximum absolute atomic E-state index is 14.5. The van der Waals surface area contributed by atoms with Gasteiger partial charge in [0.2, 0.25) is 17.7 Å². The normalized spacial score (nSPS) is 14.8. The fourth-order valence-electron chi connectivity index (χ4n) is 7.61. The van der Waals surface area contributed by atoms with Crippen molar-refractivity contribution in [2.45, 2.75) is 160 Å². The smallest absolute Gasteiger partial charge is 0.408 e. The minimum absolute atomic E-state index is 0.0651. The van der Waals surface area contributed by atoms with Crippen molar-refractivity contribution < 1.29 is 62.7 Å². The molecule has 19 heteroatoms. The van der Waals surface area contributed by atoms with Gasteiger partial charge in [-0.1, -0.05) is 106 Å². The number of amides is 6. The van der Waals surface area contributed by atoms with E-state index in [1.54, 1.807) is 27.7 Å². The fourth-order valence-corrected chi connectivity index (χ4v) is 7.61. The number of unbranched alkanes of at least 4 members (excludes halogenated alkanes) is 2. The molecule has 1 saturated carbocycles. The second kappa shape index (κ2) is 32.7. The van der Waals surface area contributed by atoms with Crippen molar-refractivity contribution in [2.75, 3.05) is 26.3 Å². The maximum atomic E-state index is 14.5. The predicted octanol–water partition coefficient (Wildman–Crippen LogP) is 5.34. The average Bonchev–Trinajstić information content (AvgIpc) is 3.34. The van der Waals surface area contributed by atoms with Gasteiger partial charge in [-0.25, -0.2) is 19.4 Å². The molecule has 5 atom stereocenters. The Labute approximate surface area is 412 Å². The number of nitrogens with one attached hydrogen (secondary N) is 6. The lowest BCUT2D eigenvalue weighted by Gasteiger charge is -2.33. The highest BCUT2D eigenvalue weighted by molar-refractivity contribution is 5.94. The van der Waals surface area contributed by atoms with Gasteiger partial charge in [-0.05, 0) is 95.6 Å². The molecule has 2 aromatic rings. The van der Waals surface area contributed by atoms with Gasteiger partial charge in [0.1, 0.15) is 50.1 Å². The first-order chi connectivity index (χ1) is 33.6. The van der Waals surface area contributed by atoms with E-state index < -0.39 is 84.2 Å². The van der Waals surface area contributed by atoms with Crippen LogP contribution in [0.1, 0.15) is 122 Å². The Morgan fingerprint density at radius 3 is 1.93 bits per heavy atom. The number of aliphatic hydroxyl groups is 1. The van der Waals surface area contributed by atoms with Crippen LogP contribution in [0, 0.1) is 5.92 Å². The van der Waals surface area contributed by atoms with Crippen molar-refractivity contribution in [2.24, 2.45) is 5.92 Å². The van der Waals surface area contributed by atoms with E-state index in [0.717, 1.165) is 30.4 Å². The molecule has 2 unspecified atom stereocenters. The van der Waals surface area contributed by atoms with Gasteiger partial charge in [0.25, 0.3) is 5.91 Å².